The SMILES string of the molecule is CCCCNC(=O)[C@@H](CC)N(Cc1cccc(C)c1)C(=O)CN(c1ccccc1)S(=O)(=O)c1ccccc1. The van der Waals surface area contributed by atoms with Crippen LogP contribution in [0.4, 0.5) is 5.69 Å². The van der Waals surface area contributed by atoms with Crippen LogP contribution in [-0.4, -0.2) is 44.3 Å². The summed E-state index contributed by atoms with van der Waals surface area (Å²) in [5.41, 5.74) is 2.28. The van der Waals surface area contributed by atoms with Crippen molar-refractivity contribution in [2.75, 3.05) is 17.4 Å². The van der Waals surface area contributed by atoms with Gasteiger partial charge in [0.25, 0.3) is 10.0 Å². The highest BCUT2D eigenvalue weighted by molar-refractivity contribution is 7.92. The van der Waals surface area contributed by atoms with Crippen molar-refractivity contribution >= 4 is 27.5 Å². The first kappa shape index (κ1) is 28.9. The Hall–Kier alpha value is -3.65. The number of hydrogen-bond acceptors (Lipinski definition) is 4. The lowest BCUT2D eigenvalue weighted by molar-refractivity contribution is -0.140. The van der Waals surface area contributed by atoms with E-state index >= 15 is 0 Å². The average Bonchev–Trinajstić information content (AvgIpc) is 2.92. The van der Waals surface area contributed by atoms with Gasteiger partial charge in [0.1, 0.15) is 12.6 Å². The zero-order valence-corrected chi connectivity index (χ0v) is 23.2. The van der Waals surface area contributed by atoms with Crippen LogP contribution < -0.4 is 9.62 Å². The molecule has 0 aromatic heterocycles. The smallest absolute Gasteiger partial charge is 0.264 e. The van der Waals surface area contributed by atoms with E-state index in [1.54, 1.807) is 48.5 Å². The molecule has 0 saturated carbocycles. The predicted molar refractivity (Wildman–Crippen MR) is 151 cm³/mol. The number of para-hydroxylation sites is 1. The van der Waals surface area contributed by atoms with Crippen molar-refractivity contribution in [1.82, 2.24) is 10.2 Å². The molecule has 7 nitrogen and oxygen atoms in total. The van der Waals surface area contributed by atoms with Crippen molar-refractivity contribution in [3.63, 3.8) is 0 Å². The van der Waals surface area contributed by atoms with Gasteiger partial charge in [0.2, 0.25) is 11.8 Å². The largest absolute Gasteiger partial charge is 0.354 e. The summed E-state index contributed by atoms with van der Waals surface area (Å²) in [6.45, 7) is 6.14. The first-order valence-electron chi connectivity index (χ1n) is 13.0. The van der Waals surface area contributed by atoms with Crippen LogP contribution in [0.2, 0.25) is 0 Å². The maximum absolute atomic E-state index is 14.0. The molecule has 0 fully saturated rings. The molecule has 202 valence electrons. The van der Waals surface area contributed by atoms with Crippen LogP contribution in [0.5, 0.6) is 0 Å². The van der Waals surface area contributed by atoms with Gasteiger partial charge in [0.05, 0.1) is 10.6 Å². The van der Waals surface area contributed by atoms with E-state index in [2.05, 4.69) is 5.32 Å². The lowest BCUT2D eigenvalue weighted by Crippen LogP contribution is -2.52. The number of nitrogens with zero attached hydrogens (tertiary/aromatic N) is 2. The highest BCUT2D eigenvalue weighted by atomic mass is 32.2. The number of hydrogen-bond donors (Lipinski definition) is 1. The molecule has 1 N–H and O–H groups in total. The molecule has 0 heterocycles. The fraction of sp³-hybridized carbons (Fsp3) is 0.333. The summed E-state index contributed by atoms with van der Waals surface area (Å²) in [7, 11) is -4.05. The zero-order chi connectivity index (χ0) is 27.5. The molecule has 0 spiro atoms. The van der Waals surface area contributed by atoms with E-state index in [-0.39, 0.29) is 17.3 Å². The fourth-order valence-corrected chi connectivity index (χ4v) is 5.71. The van der Waals surface area contributed by atoms with Crippen LogP contribution in [0, 0.1) is 6.92 Å². The number of rotatable bonds is 13. The minimum atomic E-state index is -4.05. The van der Waals surface area contributed by atoms with Gasteiger partial charge in [0, 0.05) is 13.1 Å². The van der Waals surface area contributed by atoms with E-state index in [1.807, 2.05) is 45.0 Å². The number of carbonyl (C=O) groups is 2. The second kappa shape index (κ2) is 13.8. The Balaban J connectivity index is 2.00. The molecule has 0 saturated heterocycles. The van der Waals surface area contributed by atoms with Gasteiger partial charge in [-0.25, -0.2) is 8.42 Å². The first-order chi connectivity index (χ1) is 18.3. The lowest BCUT2D eigenvalue weighted by Gasteiger charge is -2.33. The van der Waals surface area contributed by atoms with Crippen molar-refractivity contribution in [3.8, 4) is 0 Å². The Morgan fingerprint density at radius 2 is 1.55 bits per heavy atom. The van der Waals surface area contributed by atoms with Crippen molar-refractivity contribution in [2.24, 2.45) is 0 Å². The third kappa shape index (κ3) is 7.44. The minimum absolute atomic E-state index is 0.0891. The van der Waals surface area contributed by atoms with E-state index in [0.29, 0.717) is 18.7 Å². The monoisotopic (exact) mass is 535 g/mol. The molecule has 8 heteroatoms. The molecular weight excluding hydrogens is 498 g/mol. The Labute approximate surface area is 226 Å². The number of amides is 2. The van der Waals surface area contributed by atoms with Crippen LogP contribution in [0.15, 0.2) is 89.8 Å². The average molecular weight is 536 g/mol. The van der Waals surface area contributed by atoms with Crippen molar-refractivity contribution in [3.05, 3.63) is 96.1 Å². The van der Waals surface area contributed by atoms with Gasteiger partial charge < -0.3 is 10.2 Å². The Kier molecular flexibility index (Phi) is 10.5. The molecule has 0 aliphatic rings. The van der Waals surface area contributed by atoms with Crippen LogP contribution in [-0.2, 0) is 26.2 Å². The summed E-state index contributed by atoms with van der Waals surface area (Å²) in [5.74, 6) is -0.688. The van der Waals surface area contributed by atoms with Crippen LogP contribution in [0.25, 0.3) is 0 Å². The summed E-state index contributed by atoms with van der Waals surface area (Å²) in [6, 6.07) is 23.6. The molecule has 2 amide bonds. The van der Waals surface area contributed by atoms with Crippen LogP contribution in [0.1, 0.15) is 44.2 Å². The third-order valence-electron chi connectivity index (χ3n) is 6.31. The number of anilines is 1. The number of sulfonamides is 1. The highest BCUT2D eigenvalue weighted by Gasteiger charge is 2.33. The maximum atomic E-state index is 14.0. The summed E-state index contributed by atoms with van der Waals surface area (Å²) < 4.78 is 28.6. The molecule has 3 aromatic rings. The molecule has 38 heavy (non-hydrogen) atoms. The van der Waals surface area contributed by atoms with Crippen molar-refractivity contribution in [2.45, 2.75) is 57.5 Å². The van der Waals surface area contributed by atoms with Gasteiger partial charge in [-0.05, 0) is 49.6 Å². The van der Waals surface area contributed by atoms with Gasteiger partial charge in [-0.3, -0.25) is 13.9 Å². The van der Waals surface area contributed by atoms with Gasteiger partial charge in [-0.2, -0.15) is 0 Å². The zero-order valence-electron chi connectivity index (χ0n) is 22.3. The highest BCUT2D eigenvalue weighted by Crippen LogP contribution is 2.24. The molecule has 3 aromatic carbocycles. The van der Waals surface area contributed by atoms with Crippen molar-refractivity contribution < 1.29 is 18.0 Å². The fourth-order valence-electron chi connectivity index (χ4n) is 4.28. The number of nitrogens with one attached hydrogen (secondary N) is 1. The molecule has 0 unspecified atom stereocenters. The molecule has 1 atom stereocenters. The number of benzene rings is 3. The van der Waals surface area contributed by atoms with Crippen LogP contribution >= 0.6 is 0 Å². The Morgan fingerprint density at radius 3 is 2.16 bits per heavy atom. The molecule has 0 aliphatic carbocycles. The minimum Gasteiger partial charge on any atom is -0.354 e. The molecule has 0 aliphatic heterocycles. The molecule has 3 rings (SSSR count). The van der Waals surface area contributed by atoms with Crippen LogP contribution in [0.3, 0.4) is 0 Å². The van der Waals surface area contributed by atoms with Gasteiger partial charge in [0.15, 0.2) is 0 Å². The summed E-state index contributed by atoms with van der Waals surface area (Å²) >= 11 is 0. The van der Waals surface area contributed by atoms with Gasteiger partial charge in [-0.15, -0.1) is 0 Å². The maximum Gasteiger partial charge on any atom is 0.264 e. The van der Waals surface area contributed by atoms with E-state index < -0.39 is 28.5 Å². The quantitative estimate of drug-likeness (QED) is 0.315. The van der Waals surface area contributed by atoms with Gasteiger partial charge >= 0.3 is 0 Å². The predicted octanol–water partition coefficient (Wildman–Crippen LogP) is 4.91. The topological polar surface area (TPSA) is 86.8 Å². The summed E-state index contributed by atoms with van der Waals surface area (Å²) in [5, 5.41) is 2.94. The first-order valence-corrected chi connectivity index (χ1v) is 14.5. The van der Waals surface area contributed by atoms with E-state index in [9.17, 15) is 18.0 Å². The van der Waals surface area contributed by atoms with E-state index in [0.717, 1.165) is 28.3 Å². The van der Waals surface area contributed by atoms with E-state index in [1.165, 1.54) is 17.0 Å². The Morgan fingerprint density at radius 1 is 0.895 bits per heavy atom. The third-order valence-corrected chi connectivity index (χ3v) is 8.09. The number of unbranched alkanes of at least 4 members (excludes halogenated alkanes) is 1. The van der Waals surface area contributed by atoms with E-state index in [4.69, 9.17) is 0 Å². The molecule has 0 bridgehead atoms. The lowest BCUT2D eigenvalue weighted by atomic mass is 10.1. The molecular formula is C30H37N3O4S. The second-order valence-electron chi connectivity index (χ2n) is 9.24. The normalized spacial score (nSPS) is 12.0. The second-order valence-corrected chi connectivity index (χ2v) is 11.1. The Bertz CT molecular complexity index is 1300. The van der Waals surface area contributed by atoms with Gasteiger partial charge in [-0.1, -0.05) is 86.5 Å². The molecule has 0 radical (unpaired) electrons. The van der Waals surface area contributed by atoms with Crippen molar-refractivity contribution in [1.29, 1.82) is 0 Å². The number of aryl methyl sites for hydroxylation is 1. The standard InChI is InChI=1S/C30H37N3O4S/c1-4-6-20-31-30(35)28(5-2)32(22-25-15-13-14-24(3)21-25)29(34)23-33(26-16-9-7-10-17-26)38(36,37)27-18-11-8-12-19-27/h7-19,21,28H,4-6,20,22-23H2,1-3H3,(H,31,35)/t28-/m1/s1. The number of carbonyl (C=O) groups excluding carboxylic acids is 2. The summed E-state index contributed by atoms with van der Waals surface area (Å²) in [4.78, 5) is 28.8. The summed E-state index contributed by atoms with van der Waals surface area (Å²) in [6.07, 6.45) is 2.17.